The summed E-state index contributed by atoms with van der Waals surface area (Å²) in [5.74, 6) is 1.02. The maximum absolute atomic E-state index is 13.0. The van der Waals surface area contributed by atoms with Gasteiger partial charge >= 0.3 is 0 Å². The molecule has 4 rings (SSSR count). The van der Waals surface area contributed by atoms with Gasteiger partial charge in [0.05, 0.1) is 18.4 Å². The molecule has 0 saturated carbocycles. The van der Waals surface area contributed by atoms with Crippen LogP contribution in [-0.2, 0) is 17.0 Å². The fraction of sp³-hybridized carbons (Fsp3) is 0.400. The second-order valence-corrected chi connectivity index (χ2v) is 6.53. The zero-order valence-corrected chi connectivity index (χ0v) is 14.0. The van der Waals surface area contributed by atoms with Gasteiger partial charge in [0.15, 0.2) is 0 Å². The molecule has 0 N–H and O–H groups in total. The molecule has 3 aromatic rings. The maximum Gasteiger partial charge on any atom is 0.237 e. The van der Waals surface area contributed by atoms with E-state index in [0.717, 1.165) is 19.4 Å². The average molecular weight is 362 g/mol. The van der Waals surface area contributed by atoms with E-state index in [-0.39, 0.29) is 11.9 Å². The molecule has 0 amide bonds. The normalized spacial score (nSPS) is 17.2. The molecule has 1 aliphatic heterocycles. The van der Waals surface area contributed by atoms with Crippen LogP contribution < -0.4 is 0 Å². The van der Waals surface area contributed by atoms with E-state index >= 15 is 0 Å². The first-order chi connectivity index (χ1) is 12.3. The van der Waals surface area contributed by atoms with Gasteiger partial charge in [-0.15, -0.1) is 5.10 Å². The van der Waals surface area contributed by atoms with E-state index in [1.165, 1.54) is 23.9 Å². The van der Waals surface area contributed by atoms with Gasteiger partial charge in [-0.3, -0.25) is 0 Å². The van der Waals surface area contributed by atoms with Crippen LogP contribution in [0.3, 0.4) is 0 Å². The van der Waals surface area contributed by atoms with Gasteiger partial charge < -0.3 is 9.26 Å². The van der Waals surface area contributed by atoms with Crippen molar-refractivity contribution in [2.45, 2.75) is 36.4 Å². The number of tetrazole rings is 1. The van der Waals surface area contributed by atoms with Gasteiger partial charge in [0.25, 0.3) is 0 Å². The van der Waals surface area contributed by atoms with Crippen molar-refractivity contribution in [2.24, 2.45) is 0 Å². The van der Waals surface area contributed by atoms with Crippen molar-refractivity contribution in [3.05, 3.63) is 36.0 Å². The van der Waals surface area contributed by atoms with Crippen molar-refractivity contribution in [3.63, 3.8) is 0 Å². The number of benzene rings is 1. The van der Waals surface area contributed by atoms with Gasteiger partial charge in [0, 0.05) is 12.2 Å². The number of rotatable bonds is 6. The van der Waals surface area contributed by atoms with E-state index in [1.807, 2.05) is 0 Å². The minimum absolute atomic E-state index is 0.163. The molecule has 0 bridgehead atoms. The Labute approximate surface area is 146 Å². The number of ether oxygens (including phenoxy) is 1. The minimum Gasteiger partial charge on any atom is -0.376 e. The molecule has 10 heteroatoms. The van der Waals surface area contributed by atoms with Gasteiger partial charge in [-0.2, -0.15) is 4.98 Å². The molecule has 0 aliphatic carbocycles. The van der Waals surface area contributed by atoms with Gasteiger partial charge in [0.1, 0.15) is 5.82 Å². The Morgan fingerprint density at radius 1 is 1.28 bits per heavy atom. The van der Waals surface area contributed by atoms with Crippen LogP contribution >= 0.6 is 11.8 Å². The van der Waals surface area contributed by atoms with Crippen LogP contribution in [0, 0.1) is 5.82 Å². The van der Waals surface area contributed by atoms with Crippen LogP contribution in [0.2, 0.25) is 0 Å². The largest absolute Gasteiger partial charge is 0.376 e. The molecular formula is C15H15FN6O2S. The Balaban J connectivity index is 1.39. The second kappa shape index (κ2) is 7.28. The van der Waals surface area contributed by atoms with E-state index in [4.69, 9.17) is 9.26 Å². The van der Waals surface area contributed by atoms with Crippen molar-refractivity contribution < 1.29 is 13.7 Å². The third-order valence-electron chi connectivity index (χ3n) is 3.79. The zero-order valence-electron chi connectivity index (χ0n) is 13.2. The molecule has 0 unspecified atom stereocenters. The summed E-state index contributed by atoms with van der Waals surface area (Å²) >= 11 is 1.42. The predicted molar refractivity (Wildman–Crippen MR) is 86.0 cm³/mol. The van der Waals surface area contributed by atoms with Gasteiger partial charge in [-0.1, -0.05) is 16.9 Å². The fourth-order valence-corrected chi connectivity index (χ4v) is 3.28. The third kappa shape index (κ3) is 3.85. The fourth-order valence-electron chi connectivity index (χ4n) is 2.55. The lowest BCUT2D eigenvalue weighted by Crippen LogP contribution is -2.16. The van der Waals surface area contributed by atoms with Crippen LogP contribution in [-0.4, -0.2) is 43.1 Å². The van der Waals surface area contributed by atoms with E-state index < -0.39 is 0 Å². The quantitative estimate of drug-likeness (QED) is 0.617. The number of thioether (sulfide) groups is 1. The summed E-state index contributed by atoms with van der Waals surface area (Å²) in [5.41, 5.74) is 0.699. The summed E-state index contributed by atoms with van der Waals surface area (Å²) in [6.07, 6.45) is 2.26. The zero-order chi connectivity index (χ0) is 17.1. The molecule has 25 heavy (non-hydrogen) atoms. The molecular weight excluding hydrogens is 347 g/mol. The molecule has 3 heterocycles. The van der Waals surface area contributed by atoms with Crippen molar-refractivity contribution in [2.75, 3.05) is 6.61 Å². The molecule has 8 nitrogen and oxygen atoms in total. The van der Waals surface area contributed by atoms with Crippen molar-refractivity contribution >= 4 is 11.8 Å². The molecule has 130 valence electrons. The van der Waals surface area contributed by atoms with Gasteiger partial charge in [0.2, 0.25) is 16.9 Å². The summed E-state index contributed by atoms with van der Waals surface area (Å²) in [6, 6.07) is 5.94. The predicted octanol–water partition coefficient (Wildman–Crippen LogP) is 2.33. The highest BCUT2D eigenvalue weighted by Crippen LogP contribution is 2.23. The van der Waals surface area contributed by atoms with Crippen LogP contribution in [0.5, 0.6) is 0 Å². The van der Waals surface area contributed by atoms with E-state index in [1.54, 1.807) is 16.8 Å². The number of aromatic nitrogens is 6. The number of hydrogen-bond donors (Lipinski definition) is 0. The lowest BCUT2D eigenvalue weighted by atomic mass is 10.2. The Kier molecular flexibility index (Phi) is 4.70. The highest BCUT2D eigenvalue weighted by atomic mass is 32.2. The smallest absolute Gasteiger partial charge is 0.237 e. The van der Waals surface area contributed by atoms with E-state index in [2.05, 4.69) is 25.7 Å². The molecule has 0 spiro atoms. The second-order valence-electron chi connectivity index (χ2n) is 5.59. The number of halogens is 1. The summed E-state index contributed by atoms with van der Waals surface area (Å²) < 4.78 is 25.6. The molecule has 1 atom stereocenters. The van der Waals surface area contributed by atoms with E-state index in [0.29, 0.717) is 34.7 Å². The molecule has 2 aromatic heterocycles. The van der Waals surface area contributed by atoms with Gasteiger partial charge in [-0.05, 0) is 47.5 Å². The average Bonchev–Trinajstić information content (AvgIpc) is 3.36. The number of nitrogens with zero attached hydrogens (tertiary/aromatic N) is 6. The van der Waals surface area contributed by atoms with Gasteiger partial charge in [-0.25, -0.2) is 9.07 Å². The first kappa shape index (κ1) is 16.2. The van der Waals surface area contributed by atoms with Crippen LogP contribution in [0.15, 0.2) is 33.9 Å². The topological polar surface area (TPSA) is 91.8 Å². The SMILES string of the molecule is Fc1ccc(-c2noc(CSc3nnnn3C[C@H]3CCCO3)n2)cc1. The Bertz CT molecular complexity index is 831. The van der Waals surface area contributed by atoms with Crippen molar-refractivity contribution in [1.29, 1.82) is 0 Å². The van der Waals surface area contributed by atoms with Crippen molar-refractivity contribution in [1.82, 2.24) is 30.3 Å². The number of hydrogen-bond acceptors (Lipinski definition) is 8. The van der Waals surface area contributed by atoms with Crippen LogP contribution in [0.25, 0.3) is 11.4 Å². The first-order valence-corrected chi connectivity index (χ1v) is 8.85. The molecule has 1 aromatic carbocycles. The standard InChI is InChI=1S/C15H15FN6O2S/c16-11-5-3-10(4-6-11)14-17-13(24-19-14)9-25-15-18-20-21-22(15)8-12-2-1-7-23-12/h3-6,12H,1-2,7-9H2/t12-/m1/s1. The third-order valence-corrected chi connectivity index (χ3v) is 4.74. The Morgan fingerprint density at radius 3 is 2.96 bits per heavy atom. The van der Waals surface area contributed by atoms with E-state index in [9.17, 15) is 4.39 Å². The lowest BCUT2D eigenvalue weighted by molar-refractivity contribution is 0.0912. The van der Waals surface area contributed by atoms with Crippen LogP contribution in [0.1, 0.15) is 18.7 Å². The maximum atomic E-state index is 13.0. The Hall–Kier alpha value is -2.33. The van der Waals surface area contributed by atoms with Crippen molar-refractivity contribution in [3.8, 4) is 11.4 Å². The lowest BCUT2D eigenvalue weighted by Gasteiger charge is -2.09. The first-order valence-electron chi connectivity index (χ1n) is 7.87. The summed E-state index contributed by atoms with van der Waals surface area (Å²) in [5, 5.41) is 16.4. The highest BCUT2D eigenvalue weighted by Gasteiger charge is 2.19. The summed E-state index contributed by atoms with van der Waals surface area (Å²) in [7, 11) is 0. The molecule has 1 fully saturated rings. The summed E-state index contributed by atoms with van der Waals surface area (Å²) in [6.45, 7) is 1.43. The Morgan fingerprint density at radius 2 is 2.16 bits per heavy atom. The summed E-state index contributed by atoms with van der Waals surface area (Å²) in [4.78, 5) is 4.32. The molecule has 1 aliphatic rings. The monoisotopic (exact) mass is 362 g/mol. The molecule has 0 radical (unpaired) electrons. The molecule has 1 saturated heterocycles. The highest BCUT2D eigenvalue weighted by molar-refractivity contribution is 7.98. The minimum atomic E-state index is -0.305. The van der Waals surface area contributed by atoms with Crippen LogP contribution in [0.4, 0.5) is 4.39 Å².